The van der Waals surface area contributed by atoms with Gasteiger partial charge in [0.05, 0.1) is 12.7 Å². The molecule has 2 aromatic carbocycles. The Bertz CT molecular complexity index is 841. The van der Waals surface area contributed by atoms with Gasteiger partial charge >= 0.3 is 12.4 Å². The van der Waals surface area contributed by atoms with E-state index in [1.54, 1.807) is 0 Å². The predicted octanol–water partition coefficient (Wildman–Crippen LogP) is 4.93. The average molecular weight is 426 g/mol. The van der Waals surface area contributed by atoms with Crippen molar-refractivity contribution in [2.45, 2.75) is 6.48 Å². The molecule has 6 nitrogen and oxygen atoms in total. The van der Waals surface area contributed by atoms with Crippen LogP contribution in [-0.4, -0.2) is 24.7 Å². The molecule has 0 aromatic heterocycles. The fourth-order valence-corrected chi connectivity index (χ4v) is 2.94. The lowest BCUT2D eigenvalue weighted by atomic mass is 10.2. The van der Waals surface area contributed by atoms with Crippen molar-refractivity contribution in [1.82, 2.24) is 0 Å². The zero-order valence-corrected chi connectivity index (χ0v) is 15.3. The van der Waals surface area contributed by atoms with Gasteiger partial charge in [-0.15, -0.1) is 0 Å². The van der Waals surface area contributed by atoms with Crippen LogP contribution >= 0.6 is 46.4 Å². The maximum absolute atomic E-state index is 11.5. The van der Waals surface area contributed by atoms with Crippen LogP contribution in [0.1, 0.15) is 10.4 Å². The highest BCUT2D eigenvalue weighted by molar-refractivity contribution is 6.50. The molecule has 25 heavy (non-hydrogen) atoms. The van der Waals surface area contributed by atoms with Gasteiger partial charge in [-0.05, 0) is 18.2 Å². The fraction of sp³-hybridized carbons (Fsp3) is 0.133. The van der Waals surface area contributed by atoms with Crippen molar-refractivity contribution in [3.63, 3.8) is 0 Å². The third-order valence-electron chi connectivity index (χ3n) is 3.23. The quantitative estimate of drug-likeness (QED) is 0.555. The number of carbonyl (C=O) groups is 1. The lowest BCUT2D eigenvalue weighted by Gasteiger charge is -2.16. The summed E-state index contributed by atoms with van der Waals surface area (Å²) in [6.07, 6.45) is 0. The summed E-state index contributed by atoms with van der Waals surface area (Å²) >= 11 is 23.8. The second-order valence-corrected chi connectivity index (χ2v) is 6.24. The van der Waals surface area contributed by atoms with Crippen molar-refractivity contribution in [3.05, 3.63) is 43.9 Å². The highest BCUT2D eigenvalue weighted by atomic mass is 35.5. The van der Waals surface area contributed by atoms with Crippen LogP contribution in [0.5, 0.6) is 23.0 Å². The number of ether oxygens (including phenoxy) is 4. The number of benzene rings is 2. The van der Waals surface area contributed by atoms with E-state index in [1.165, 1.54) is 25.3 Å². The van der Waals surface area contributed by atoms with Crippen LogP contribution in [0.4, 0.5) is 0 Å². The van der Waals surface area contributed by atoms with Crippen LogP contribution < -0.4 is 14.2 Å². The Labute approximate surface area is 161 Å². The molecule has 1 heterocycles. The Balaban J connectivity index is 1.86. The largest absolute Gasteiger partial charge is 0.505 e. The van der Waals surface area contributed by atoms with E-state index in [4.69, 9.17) is 60.6 Å². The highest BCUT2D eigenvalue weighted by Crippen LogP contribution is 2.50. The van der Waals surface area contributed by atoms with Crippen LogP contribution in [0.3, 0.4) is 0 Å². The molecule has 0 aliphatic carbocycles. The van der Waals surface area contributed by atoms with Crippen LogP contribution in [0.25, 0.3) is 0 Å². The summed E-state index contributed by atoms with van der Waals surface area (Å²) in [4.78, 5) is 11.5. The molecule has 1 N–H and O–H groups in total. The topological polar surface area (TPSA) is 74.2 Å². The number of halogens is 4. The molecule has 132 valence electrons. The van der Waals surface area contributed by atoms with Crippen LogP contribution in [0.2, 0.25) is 20.1 Å². The van der Waals surface area contributed by atoms with Crippen molar-refractivity contribution < 1.29 is 28.8 Å². The number of phenols is 1. The molecule has 1 aliphatic heterocycles. The summed E-state index contributed by atoms with van der Waals surface area (Å²) in [5, 5.41) is 8.93. The molecule has 10 heteroatoms. The van der Waals surface area contributed by atoms with Gasteiger partial charge in [0.1, 0.15) is 20.1 Å². The molecule has 0 spiro atoms. The van der Waals surface area contributed by atoms with Gasteiger partial charge in [0.25, 0.3) is 0 Å². The average Bonchev–Trinajstić information content (AvgIpc) is 3.02. The number of methoxy groups -OCH3 is 1. The van der Waals surface area contributed by atoms with E-state index >= 15 is 0 Å². The lowest BCUT2D eigenvalue weighted by molar-refractivity contribution is -0.112. The summed E-state index contributed by atoms with van der Waals surface area (Å²) in [6.45, 7) is -1.26. The Morgan fingerprint density at radius 3 is 2.24 bits per heavy atom. The molecular weight excluding hydrogens is 418 g/mol. The maximum atomic E-state index is 11.5. The first-order valence-electron chi connectivity index (χ1n) is 6.60. The van der Waals surface area contributed by atoms with Gasteiger partial charge in [0.2, 0.25) is 0 Å². The fourth-order valence-electron chi connectivity index (χ4n) is 2.02. The minimum absolute atomic E-state index is 0.123. The minimum Gasteiger partial charge on any atom is -0.505 e. The SMILES string of the molecule is COC(=O)c1ccc2c(c1)OC(Oc1c(Cl)c(Cl)c(O)c(Cl)c1Cl)O2. The summed E-state index contributed by atoms with van der Waals surface area (Å²) in [5.41, 5.74) is 0.275. The molecular formula is C15H8Cl4O6. The van der Waals surface area contributed by atoms with E-state index in [0.29, 0.717) is 5.75 Å². The monoisotopic (exact) mass is 424 g/mol. The third-order valence-corrected chi connectivity index (χ3v) is 4.88. The Morgan fingerprint density at radius 1 is 1.04 bits per heavy atom. The van der Waals surface area contributed by atoms with Crippen molar-refractivity contribution >= 4 is 52.4 Å². The molecule has 0 saturated heterocycles. The van der Waals surface area contributed by atoms with E-state index in [2.05, 4.69) is 4.74 Å². The van der Waals surface area contributed by atoms with Crippen molar-refractivity contribution in [1.29, 1.82) is 0 Å². The van der Waals surface area contributed by atoms with Crippen LogP contribution in [-0.2, 0) is 4.74 Å². The second-order valence-electron chi connectivity index (χ2n) is 4.73. The van der Waals surface area contributed by atoms with Crippen molar-refractivity contribution in [2.75, 3.05) is 7.11 Å². The van der Waals surface area contributed by atoms with Crippen molar-refractivity contribution in [2.24, 2.45) is 0 Å². The predicted molar refractivity (Wildman–Crippen MR) is 91.6 cm³/mol. The number of hydrogen-bond acceptors (Lipinski definition) is 6. The summed E-state index contributed by atoms with van der Waals surface area (Å²) in [6, 6.07) is 4.46. The smallest absolute Gasteiger partial charge is 0.406 e. The van der Waals surface area contributed by atoms with E-state index in [-0.39, 0.29) is 37.2 Å². The number of rotatable bonds is 3. The van der Waals surface area contributed by atoms with E-state index < -0.39 is 18.2 Å². The molecule has 0 saturated carbocycles. The molecule has 2 aromatic rings. The molecule has 1 aliphatic rings. The highest BCUT2D eigenvalue weighted by Gasteiger charge is 2.30. The standard InChI is InChI=1S/C15H8Cl4O6/c1-22-14(21)5-2-3-6-7(4-5)24-15(23-6)25-13-10(18)8(16)12(20)9(17)11(13)19/h2-4,15,20H,1H3. The van der Waals surface area contributed by atoms with Gasteiger partial charge in [-0.2, -0.15) is 0 Å². The minimum atomic E-state index is -1.26. The van der Waals surface area contributed by atoms with Crippen LogP contribution in [0, 0.1) is 0 Å². The van der Waals surface area contributed by atoms with Crippen molar-refractivity contribution in [3.8, 4) is 23.0 Å². The van der Waals surface area contributed by atoms with E-state index in [1.807, 2.05) is 0 Å². The first kappa shape index (κ1) is 18.1. The lowest BCUT2D eigenvalue weighted by Crippen LogP contribution is -2.25. The zero-order valence-electron chi connectivity index (χ0n) is 12.3. The molecule has 3 rings (SSSR count). The van der Waals surface area contributed by atoms with Crippen LogP contribution in [0.15, 0.2) is 18.2 Å². The molecule has 0 radical (unpaired) electrons. The summed E-state index contributed by atoms with van der Waals surface area (Å²) in [5.74, 6) is -0.525. The molecule has 0 fully saturated rings. The number of carbonyl (C=O) groups excluding carboxylic acids is 1. The van der Waals surface area contributed by atoms with Gasteiger partial charge < -0.3 is 24.1 Å². The normalized spacial score (nSPS) is 15.2. The van der Waals surface area contributed by atoms with Gasteiger partial charge in [0, 0.05) is 0 Å². The second kappa shape index (κ2) is 6.88. The summed E-state index contributed by atoms with van der Waals surface area (Å²) < 4.78 is 21.0. The van der Waals surface area contributed by atoms with E-state index in [0.717, 1.165) is 0 Å². The first-order valence-corrected chi connectivity index (χ1v) is 8.12. The van der Waals surface area contributed by atoms with E-state index in [9.17, 15) is 9.90 Å². The number of aromatic hydroxyl groups is 1. The first-order chi connectivity index (χ1) is 11.8. The molecule has 1 atom stereocenters. The van der Waals surface area contributed by atoms with Gasteiger partial charge in [-0.3, -0.25) is 0 Å². The molecule has 0 bridgehead atoms. The maximum Gasteiger partial charge on any atom is 0.406 e. The zero-order chi connectivity index (χ0) is 18.3. The summed E-state index contributed by atoms with van der Waals surface area (Å²) in [7, 11) is 1.27. The Hall–Kier alpha value is -1.73. The number of phenolic OH excluding ortho intramolecular Hbond substituents is 1. The number of esters is 1. The van der Waals surface area contributed by atoms with Gasteiger partial charge in [-0.1, -0.05) is 46.4 Å². The number of hydrogen-bond donors (Lipinski definition) is 1. The Kier molecular flexibility index (Phi) is 4.97. The molecule has 1 unspecified atom stereocenters. The van der Waals surface area contributed by atoms with Gasteiger partial charge in [0.15, 0.2) is 23.0 Å². The number of fused-ring (bicyclic) bond motifs is 1. The third kappa shape index (κ3) is 3.22. The van der Waals surface area contributed by atoms with Gasteiger partial charge in [-0.25, -0.2) is 4.79 Å². The molecule has 0 amide bonds. The Morgan fingerprint density at radius 2 is 1.64 bits per heavy atom.